The van der Waals surface area contributed by atoms with Gasteiger partial charge < -0.3 is 15.6 Å². The van der Waals surface area contributed by atoms with Crippen molar-refractivity contribution in [3.05, 3.63) is 0 Å². The lowest BCUT2D eigenvalue weighted by molar-refractivity contribution is -0.142. The molecule has 0 aromatic heterocycles. The molecule has 0 aliphatic rings. The van der Waals surface area contributed by atoms with Gasteiger partial charge in [0.05, 0.1) is 5.60 Å². The Morgan fingerprint density at radius 2 is 1.75 bits per heavy atom. The minimum absolute atomic E-state index is 0.0938. The van der Waals surface area contributed by atoms with Gasteiger partial charge in [-0.05, 0) is 40.5 Å². The second-order valence-corrected chi connectivity index (χ2v) is 5.49. The normalized spacial score (nSPS) is 15.8. The second-order valence-electron chi connectivity index (χ2n) is 5.49. The summed E-state index contributed by atoms with van der Waals surface area (Å²) in [7, 11) is 0. The van der Waals surface area contributed by atoms with Gasteiger partial charge in [0.25, 0.3) is 0 Å². The lowest BCUT2D eigenvalue weighted by atomic mass is 9.96. The average Bonchev–Trinajstić information content (AvgIpc) is 2.09. The zero-order chi connectivity index (χ0) is 12.8. The summed E-state index contributed by atoms with van der Waals surface area (Å²) in [5, 5.41) is 8.80. The maximum Gasteiger partial charge on any atom is 0.323 e. The molecule has 0 heterocycles. The summed E-state index contributed by atoms with van der Waals surface area (Å²) in [6.45, 7) is 8.34. The Morgan fingerprint density at radius 3 is 2.19 bits per heavy atom. The van der Waals surface area contributed by atoms with E-state index >= 15 is 0 Å². The number of nitrogens with two attached hydrogens (primary N) is 1. The molecule has 1 atom stereocenters. The summed E-state index contributed by atoms with van der Waals surface area (Å²) < 4.78 is 5.56. The van der Waals surface area contributed by atoms with Crippen molar-refractivity contribution in [3.63, 3.8) is 0 Å². The fourth-order valence-corrected chi connectivity index (χ4v) is 1.26. The quantitative estimate of drug-likeness (QED) is 0.659. The summed E-state index contributed by atoms with van der Waals surface area (Å²) in [5.41, 5.74) is 4.43. The van der Waals surface area contributed by atoms with Crippen molar-refractivity contribution in [2.75, 3.05) is 6.61 Å². The van der Waals surface area contributed by atoms with E-state index in [1.54, 1.807) is 6.92 Å². The fourth-order valence-electron chi connectivity index (χ4n) is 1.26. The first-order valence-corrected chi connectivity index (χ1v) is 5.81. The predicted octanol–water partition coefficient (Wildman–Crippen LogP) is 2.16. The lowest BCUT2D eigenvalue weighted by Gasteiger charge is -2.20. The van der Waals surface area contributed by atoms with Crippen LogP contribution in [0.1, 0.15) is 53.4 Å². The van der Waals surface area contributed by atoms with E-state index in [1.807, 2.05) is 20.8 Å². The third-order valence-corrected chi connectivity index (χ3v) is 2.36. The van der Waals surface area contributed by atoms with E-state index in [0.717, 1.165) is 25.9 Å². The molecule has 0 rings (SSSR count). The molecule has 0 amide bonds. The van der Waals surface area contributed by atoms with Crippen molar-refractivity contribution in [1.82, 2.24) is 0 Å². The average molecular weight is 231 g/mol. The lowest BCUT2D eigenvalue weighted by Crippen LogP contribution is -2.44. The SMILES string of the molecule is CC(C)(C)OCCCCCC(C)(N)C(=O)O. The Morgan fingerprint density at radius 1 is 1.19 bits per heavy atom. The molecule has 0 saturated carbocycles. The summed E-state index contributed by atoms with van der Waals surface area (Å²) in [4.78, 5) is 10.7. The molecule has 4 nitrogen and oxygen atoms in total. The molecule has 0 saturated heterocycles. The van der Waals surface area contributed by atoms with Gasteiger partial charge in [-0.15, -0.1) is 0 Å². The summed E-state index contributed by atoms with van der Waals surface area (Å²) in [6.07, 6.45) is 3.24. The largest absolute Gasteiger partial charge is 0.480 e. The number of carbonyl (C=O) groups is 1. The Bertz CT molecular complexity index is 219. The zero-order valence-electron chi connectivity index (χ0n) is 10.9. The van der Waals surface area contributed by atoms with E-state index in [0.29, 0.717) is 6.42 Å². The van der Waals surface area contributed by atoms with E-state index in [1.165, 1.54) is 0 Å². The molecule has 1 unspecified atom stereocenters. The number of carboxylic acids is 1. The minimum atomic E-state index is -1.09. The molecule has 0 bridgehead atoms. The van der Waals surface area contributed by atoms with Gasteiger partial charge in [-0.1, -0.05) is 12.8 Å². The van der Waals surface area contributed by atoms with Crippen molar-refractivity contribution in [1.29, 1.82) is 0 Å². The molecular weight excluding hydrogens is 206 g/mol. The molecule has 0 fully saturated rings. The van der Waals surface area contributed by atoms with Crippen LogP contribution in [0.2, 0.25) is 0 Å². The smallest absolute Gasteiger partial charge is 0.323 e. The predicted molar refractivity (Wildman–Crippen MR) is 64.4 cm³/mol. The molecule has 96 valence electrons. The number of carboxylic acid groups (broad SMARTS) is 1. The monoisotopic (exact) mass is 231 g/mol. The van der Waals surface area contributed by atoms with Crippen LogP contribution in [0.4, 0.5) is 0 Å². The summed E-state index contributed by atoms with van der Waals surface area (Å²) >= 11 is 0. The summed E-state index contributed by atoms with van der Waals surface area (Å²) in [6, 6.07) is 0. The number of hydrogen-bond acceptors (Lipinski definition) is 3. The maximum absolute atomic E-state index is 10.7. The second kappa shape index (κ2) is 6.21. The summed E-state index contributed by atoms with van der Waals surface area (Å²) in [5.74, 6) is -0.932. The maximum atomic E-state index is 10.7. The van der Waals surface area contributed by atoms with Crippen molar-refractivity contribution in [2.45, 2.75) is 64.5 Å². The van der Waals surface area contributed by atoms with E-state index < -0.39 is 11.5 Å². The molecule has 0 aliphatic heterocycles. The first kappa shape index (κ1) is 15.4. The minimum Gasteiger partial charge on any atom is -0.480 e. The Hall–Kier alpha value is -0.610. The van der Waals surface area contributed by atoms with Crippen molar-refractivity contribution >= 4 is 5.97 Å². The molecule has 3 N–H and O–H groups in total. The molecular formula is C12H25NO3. The first-order valence-electron chi connectivity index (χ1n) is 5.81. The van der Waals surface area contributed by atoms with Gasteiger partial charge in [-0.2, -0.15) is 0 Å². The highest BCUT2D eigenvalue weighted by Crippen LogP contribution is 2.13. The number of ether oxygens (including phenoxy) is 1. The molecule has 0 spiro atoms. The van der Waals surface area contributed by atoms with Crippen LogP contribution in [0.3, 0.4) is 0 Å². The molecule has 0 aliphatic carbocycles. The molecule has 0 aromatic rings. The van der Waals surface area contributed by atoms with Crippen LogP contribution in [-0.2, 0) is 9.53 Å². The van der Waals surface area contributed by atoms with Gasteiger partial charge in [-0.3, -0.25) is 4.79 Å². The van der Waals surface area contributed by atoms with Crippen LogP contribution in [0.25, 0.3) is 0 Å². The standard InChI is InChI=1S/C12H25NO3/c1-11(2,3)16-9-7-5-6-8-12(4,13)10(14)15/h5-9,13H2,1-4H3,(H,14,15). The molecule has 16 heavy (non-hydrogen) atoms. The third-order valence-electron chi connectivity index (χ3n) is 2.36. The first-order chi connectivity index (χ1) is 7.15. The van der Waals surface area contributed by atoms with Crippen LogP contribution in [0.5, 0.6) is 0 Å². The van der Waals surface area contributed by atoms with Gasteiger partial charge in [0.15, 0.2) is 0 Å². The Balaban J connectivity index is 3.52. The fraction of sp³-hybridized carbons (Fsp3) is 0.917. The highest BCUT2D eigenvalue weighted by Gasteiger charge is 2.26. The van der Waals surface area contributed by atoms with Crippen molar-refractivity contribution < 1.29 is 14.6 Å². The topological polar surface area (TPSA) is 72.5 Å². The van der Waals surface area contributed by atoms with Gasteiger partial charge >= 0.3 is 5.97 Å². The van der Waals surface area contributed by atoms with Crippen LogP contribution in [0.15, 0.2) is 0 Å². The Kier molecular flexibility index (Phi) is 5.97. The Labute approximate surface area is 98.2 Å². The number of aliphatic carboxylic acids is 1. The van der Waals surface area contributed by atoms with Gasteiger partial charge in [0, 0.05) is 6.61 Å². The van der Waals surface area contributed by atoms with Gasteiger partial charge in [-0.25, -0.2) is 0 Å². The molecule has 0 aromatic carbocycles. The number of rotatable bonds is 7. The van der Waals surface area contributed by atoms with Gasteiger partial charge in [0.2, 0.25) is 0 Å². The van der Waals surface area contributed by atoms with Crippen LogP contribution >= 0.6 is 0 Å². The molecule has 0 radical (unpaired) electrons. The van der Waals surface area contributed by atoms with Gasteiger partial charge in [0.1, 0.15) is 5.54 Å². The van der Waals surface area contributed by atoms with Crippen molar-refractivity contribution in [3.8, 4) is 0 Å². The van der Waals surface area contributed by atoms with Crippen LogP contribution < -0.4 is 5.73 Å². The van der Waals surface area contributed by atoms with E-state index in [4.69, 9.17) is 15.6 Å². The van der Waals surface area contributed by atoms with Crippen LogP contribution in [0, 0.1) is 0 Å². The highest BCUT2D eigenvalue weighted by atomic mass is 16.5. The van der Waals surface area contributed by atoms with E-state index in [2.05, 4.69) is 0 Å². The third kappa shape index (κ3) is 7.65. The zero-order valence-corrected chi connectivity index (χ0v) is 10.9. The number of hydrogen-bond donors (Lipinski definition) is 2. The van der Waals surface area contributed by atoms with E-state index in [-0.39, 0.29) is 5.60 Å². The highest BCUT2D eigenvalue weighted by molar-refractivity contribution is 5.77. The van der Waals surface area contributed by atoms with Crippen LogP contribution in [-0.4, -0.2) is 28.8 Å². The molecule has 4 heteroatoms. The van der Waals surface area contributed by atoms with E-state index in [9.17, 15) is 4.79 Å². The number of unbranched alkanes of at least 4 members (excludes halogenated alkanes) is 2. The van der Waals surface area contributed by atoms with Crippen molar-refractivity contribution in [2.24, 2.45) is 5.73 Å².